The Morgan fingerprint density at radius 2 is 0.796 bits per heavy atom. The zero-order valence-electron chi connectivity index (χ0n) is 35.0. The van der Waals surface area contributed by atoms with E-state index in [0.29, 0.717) is 12.8 Å². The van der Waals surface area contributed by atoms with E-state index in [0.717, 1.165) is 38.5 Å². The predicted molar refractivity (Wildman–Crippen MR) is 219 cm³/mol. The zero-order valence-corrected chi connectivity index (χ0v) is 35.9. The SMILES string of the molecule is CCCCCCCCCCCCCCCCCCCCCCCCC(=O)O[C@H](COC(=O)CCCCCCCCCCC)COP(=O)(O)OC[C@@H](O)CO. The molecule has 0 spiro atoms. The lowest BCUT2D eigenvalue weighted by Gasteiger charge is -2.20. The maximum absolute atomic E-state index is 12.6. The Labute approximate surface area is 331 Å². The van der Waals surface area contributed by atoms with Crippen LogP contribution in [0.5, 0.6) is 0 Å². The van der Waals surface area contributed by atoms with Gasteiger partial charge in [0.25, 0.3) is 0 Å². The number of hydrogen-bond acceptors (Lipinski definition) is 9. The topological polar surface area (TPSA) is 149 Å². The second-order valence-electron chi connectivity index (χ2n) is 15.4. The number of unbranched alkanes of at least 4 members (excludes halogenated alkanes) is 29. The molecule has 0 aromatic heterocycles. The van der Waals surface area contributed by atoms with Crippen molar-refractivity contribution in [2.45, 2.75) is 238 Å². The maximum atomic E-state index is 12.6. The lowest BCUT2D eigenvalue weighted by molar-refractivity contribution is -0.161. The van der Waals surface area contributed by atoms with Crippen LogP contribution in [0.2, 0.25) is 0 Å². The molecule has 3 N–H and O–H groups in total. The fourth-order valence-corrected chi connectivity index (χ4v) is 7.31. The average Bonchev–Trinajstić information content (AvgIpc) is 3.16. The molecule has 54 heavy (non-hydrogen) atoms. The van der Waals surface area contributed by atoms with Crippen molar-refractivity contribution >= 4 is 19.8 Å². The van der Waals surface area contributed by atoms with Crippen molar-refractivity contribution in [3.63, 3.8) is 0 Å². The molecule has 0 heterocycles. The van der Waals surface area contributed by atoms with Gasteiger partial charge in [0.2, 0.25) is 0 Å². The van der Waals surface area contributed by atoms with Crippen LogP contribution in [-0.4, -0.2) is 65.7 Å². The zero-order chi connectivity index (χ0) is 39.8. The van der Waals surface area contributed by atoms with E-state index < -0.39 is 51.8 Å². The minimum Gasteiger partial charge on any atom is -0.462 e. The summed E-state index contributed by atoms with van der Waals surface area (Å²) >= 11 is 0. The van der Waals surface area contributed by atoms with Crippen molar-refractivity contribution in [2.75, 3.05) is 26.4 Å². The Morgan fingerprint density at radius 3 is 1.15 bits per heavy atom. The summed E-state index contributed by atoms with van der Waals surface area (Å²) < 4.78 is 32.7. The second kappa shape index (κ2) is 40.2. The molecule has 1 unspecified atom stereocenters. The van der Waals surface area contributed by atoms with Crippen molar-refractivity contribution in [2.24, 2.45) is 0 Å². The molecule has 3 atom stereocenters. The van der Waals surface area contributed by atoms with Gasteiger partial charge in [-0.25, -0.2) is 4.57 Å². The molecule has 0 amide bonds. The summed E-state index contributed by atoms with van der Waals surface area (Å²) in [7, 11) is -4.61. The monoisotopic (exact) mass is 793 g/mol. The third-order valence-corrected chi connectivity index (χ3v) is 11.0. The number of aliphatic hydroxyl groups is 2. The van der Waals surface area contributed by atoms with Gasteiger partial charge in [-0.2, -0.15) is 0 Å². The molecule has 0 aliphatic carbocycles. The van der Waals surface area contributed by atoms with E-state index in [1.807, 2.05) is 0 Å². The molecule has 10 nitrogen and oxygen atoms in total. The summed E-state index contributed by atoms with van der Waals surface area (Å²) in [4.78, 5) is 34.9. The van der Waals surface area contributed by atoms with E-state index in [1.54, 1.807) is 0 Å². The van der Waals surface area contributed by atoms with Crippen molar-refractivity contribution < 1.29 is 47.8 Å². The summed E-state index contributed by atoms with van der Waals surface area (Å²) in [5, 5.41) is 18.3. The molecule has 0 aliphatic heterocycles. The number of hydrogen-bond donors (Lipinski definition) is 3. The van der Waals surface area contributed by atoms with E-state index in [4.69, 9.17) is 19.1 Å². The molecular formula is C43H85O10P. The highest BCUT2D eigenvalue weighted by molar-refractivity contribution is 7.47. The molecule has 0 aromatic carbocycles. The summed E-state index contributed by atoms with van der Waals surface area (Å²) in [6.45, 7) is 2.39. The van der Waals surface area contributed by atoms with Crippen LogP contribution >= 0.6 is 7.82 Å². The van der Waals surface area contributed by atoms with Crippen molar-refractivity contribution in [1.82, 2.24) is 0 Å². The van der Waals surface area contributed by atoms with Crippen LogP contribution in [0.3, 0.4) is 0 Å². The molecule has 0 bridgehead atoms. The molecule has 0 aromatic rings. The first kappa shape index (κ1) is 53.0. The van der Waals surface area contributed by atoms with E-state index in [2.05, 4.69) is 18.4 Å². The number of aliphatic hydroxyl groups excluding tert-OH is 2. The lowest BCUT2D eigenvalue weighted by atomic mass is 10.0. The number of ether oxygens (including phenoxy) is 2. The van der Waals surface area contributed by atoms with Crippen LogP contribution in [0.15, 0.2) is 0 Å². The number of phosphoric ester groups is 1. The van der Waals surface area contributed by atoms with E-state index in [9.17, 15) is 24.2 Å². The smallest absolute Gasteiger partial charge is 0.462 e. The molecule has 11 heteroatoms. The average molecular weight is 793 g/mol. The predicted octanol–water partition coefficient (Wildman–Crippen LogP) is 11.8. The molecule has 322 valence electrons. The molecular weight excluding hydrogens is 707 g/mol. The minimum atomic E-state index is -4.61. The van der Waals surface area contributed by atoms with Crippen molar-refractivity contribution in [1.29, 1.82) is 0 Å². The largest absolute Gasteiger partial charge is 0.472 e. The van der Waals surface area contributed by atoms with Crippen molar-refractivity contribution in [3.8, 4) is 0 Å². The standard InChI is InChI=1S/C43H85O10P/c1-3-5-7-9-11-13-14-15-16-17-18-19-20-21-22-23-24-25-27-29-31-33-35-43(47)53-41(39-52-54(48,49)51-37-40(45)36-44)38-50-42(46)34-32-30-28-26-12-10-8-6-4-2/h40-41,44-45H,3-39H2,1-2H3,(H,48,49)/t40-,41+/m0/s1. The third kappa shape index (κ3) is 39.2. The first-order valence-corrected chi connectivity index (χ1v) is 24.0. The molecule has 0 aliphatic rings. The quantitative estimate of drug-likeness (QED) is 0.0309. The molecule has 0 saturated heterocycles. The number of esters is 2. The molecule has 0 saturated carbocycles. The van der Waals surface area contributed by atoms with Crippen LogP contribution in [0.1, 0.15) is 226 Å². The van der Waals surface area contributed by atoms with Gasteiger partial charge in [0, 0.05) is 12.8 Å². The first-order chi connectivity index (χ1) is 26.2. The highest BCUT2D eigenvalue weighted by Crippen LogP contribution is 2.43. The summed E-state index contributed by atoms with van der Waals surface area (Å²) in [6, 6.07) is 0. The van der Waals surface area contributed by atoms with Crippen LogP contribution < -0.4 is 0 Å². The summed E-state index contributed by atoms with van der Waals surface area (Å²) in [5.41, 5.74) is 0. The number of carbonyl (C=O) groups excluding carboxylic acids is 2. The maximum Gasteiger partial charge on any atom is 0.472 e. The van der Waals surface area contributed by atoms with Crippen LogP contribution in [0.25, 0.3) is 0 Å². The lowest BCUT2D eigenvalue weighted by Crippen LogP contribution is -2.29. The van der Waals surface area contributed by atoms with Crippen LogP contribution in [0.4, 0.5) is 0 Å². The van der Waals surface area contributed by atoms with Crippen LogP contribution in [0, 0.1) is 0 Å². The third-order valence-electron chi connectivity index (χ3n) is 10.0. The Hall–Kier alpha value is -1.03. The van der Waals surface area contributed by atoms with Gasteiger partial charge in [0.15, 0.2) is 6.10 Å². The minimum absolute atomic E-state index is 0.192. The molecule has 0 radical (unpaired) electrons. The van der Waals surface area contributed by atoms with Gasteiger partial charge in [-0.3, -0.25) is 18.6 Å². The fraction of sp³-hybridized carbons (Fsp3) is 0.953. The normalized spacial score (nSPS) is 13.8. The van der Waals surface area contributed by atoms with E-state index >= 15 is 0 Å². The van der Waals surface area contributed by atoms with Gasteiger partial charge in [-0.05, 0) is 12.8 Å². The Kier molecular flexibility index (Phi) is 39.4. The Bertz CT molecular complexity index is 873. The summed E-state index contributed by atoms with van der Waals surface area (Å²) in [5.74, 6) is -0.913. The highest BCUT2D eigenvalue weighted by atomic mass is 31.2. The summed E-state index contributed by atoms with van der Waals surface area (Å²) in [6.07, 6.45) is 36.6. The van der Waals surface area contributed by atoms with Gasteiger partial charge in [-0.1, -0.05) is 200 Å². The van der Waals surface area contributed by atoms with E-state index in [-0.39, 0.29) is 19.4 Å². The van der Waals surface area contributed by atoms with Gasteiger partial charge < -0.3 is 24.6 Å². The Morgan fingerprint density at radius 1 is 0.481 bits per heavy atom. The molecule has 0 rings (SSSR count). The molecule has 0 fully saturated rings. The van der Waals surface area contributed by atoms with Gasteiger partial charge >= 0.3 is 19.8 Å². The highest BCUT2D eigenvalue weighted by Gasteiger charge is 2.27. The van der Waals surface area contributed by atoms with Gasteiger partial charge in [-0.15, -0.1) is 0 Å². The number of rotatable bonds is 43. The van der Waals surface area contributed by atoms with Crippen molar-refractivity contribution in [3.05, 3.63) is 0 Å². The fourth-order valence-electron chi connectivity index (χ4n) is 6.52. The number of carbonyl (C=O) groups is 2. The first-order valence-electron chi connectivity index (χ1n) is 22.5. The Balaban J connectivity index is 4.10. The van der Waals surface area contributed by atoms with Crippen LogP contribution in [-0.2, 0) is 32.7 Å². The van der Waals surface area contributed by atoms with Gasteiger partial charge in [0.1, 0.15) is 12.7 Å². The second-order valence-corrected chi connectivity index (χ2v) is 16.9. The number of phosphoric acid groups is 1. The van der Waals surface area contributed by atoms with Gasteiger partial charge in [0.05, 0.1) is 19.8 Å². The van der Waals surface area contributed by atoms with E-state index in [1.165, 1.54) is 148 Å².